The lowest BCUT2D eigenvalue weighted by Crippen LogP contribution is -2.24. The van der Waals surface area contributed by atoms with Gasteiger partial charge in [-0.15, -0.1) is 0 Å². The van der Waals surface area contributed by atoms with Gasteiger partial charge in [-0.2, -0.15) is 0 Å². The third-order valence-electron chi connectivity index (χ3n) is 2.26. The summed E-state index contributed by atoms with van der Waals surface area (Å²) in [6.07, 6.45) is -1.32. The van der Waals surface area contributed by atoms with Crippen LogP contribution in [0.5, 0.6) is 0 Å². The quantitative estimate of drug-likeness (QED) is 0.544. The maximum atomic E-state index is 9.96. The third kappa shape index (κ3) is 17.2. The molecular weight excluding hydrogens is 280 g/mol. The van der Waals surface area contributed by atoms with E-state index < -0.39 is 18.2 Å². The van der Waals surface area contributed by atoms with Crippen LogP contribution in [0.4, 0.5) is 0 Å². The zero-order valence-corrected chi connectivity index (χ0v) is 13.6. The molecule has 0 aliphatic rings. The second-order valence-corrected chi connectivity index (χ2v) is 4.76. The number of rotatable bonds is 10. The average molecular weight is 310 g/mol. The van der Waals surface area contributed by atoms with Gasteiger partial charge in [-0.05, 0) is 34.6 Å². The standard InChI is InChI=1S/C9H20O4.C5H10O3/c1-7(11)5-12-9(3)6-13-8(2)4-10;1-3-8-4(2)5(6)7/h7-11H,4-6H2,1-3H3;4H,3H2,1-2H3,(H,6,7). The summed E-state index contributed by atoms with van der Waals surface area (Å²) in [5.74, 6) is -0.910. The highest BCUT2D eigenvalue weighted by Crippen LogP contribution is 1.97. The van der Waals surface area contributed by atoms with Crippen molar-refractivity contribution < 1.29 is 34.3 Å². The molecule has 0 aromatic heterocycles. The van der Waals surface area contributed by atoms with Crippen molar-refractivity contribution >= 4 is 5.97 Å². The van der Waals surface area contributed by atoms with Gasteiger partial charge in [-0.3, -0.25) is 0 Å². The van der Waals surface area contributed by atoms with Gasteiger partial charge in [0, 0.05) is 6.61 Å². The maximum absolute atomic E-state index is 9.96. The van der Waals surface area contributed by atoms with Crippen molar-refractivity contribution in [1.29, 1.82) is 0 Å². The van der Waals surface area contributed by atoms with E-state index in [-0.39, 0.29) is 18.8 Å². The van der Waals surface area contributed by atoms with E-state index in [2.05, 4.69) is 0 Å². The Morgan fingerprint density at radius 3 is 1.86 bits per heavy atom. The van der Waals surface area contributed by atoms with E-state index in [0.29, 0.717) is 19.8 Å². The number of carboxylic acids is 1. The molecule has 128 valence electrons. The number of aliphatic hydroxyl groups is 2. The lowest BCUT2D eigenvalue weighted by molar-refractivity contribution is -0.148. The molecule has 3 N–H and O–H groups in total. The Labute approximate surface area is 126 Å². The Morgan fingerprint density at radius 2 is 1.52 bits per heavy atom. The molecule has 0 radical (unpaired) electrons. The van der Waals surface area contributed by atoms with Crippen molar-refractivity contribution in [2.45, 2.75) is 59.0 Å². The highest BCUT2D eigenvalue weighted by molar-refractivity contribution is 5.71. The summed E-state index contributed by atoms with van der Waals surface area (Å²) < 4.78 is 15.2. The lowest BCUT2D eigenvalue weighted by Gasteiger charge is -2.16. The van der Waals surface area contributed by atoms with Crippen LogP contribution < -0.4 is 0 Å². The van der Waals surface area contributed by atoms with Gasteiger partial charge in [0.2, 0.25) is 0 Å². The van der Waals surface area contributed by atoms with Crippen molar-refractivity contribution in [3.63, 3.8) is 0 Å². The molecule has 0 saturated heterocycles. The van der Waals surface area contributed by atoms with Crippen LogP contribution in [0.3, 0.4) is 0 Å². The second kappa shape index (κ2) is 14.2. The molecule has 0 aromatic carbocycles. The van der Waals surface area contributed by atoms with Crippen molar-refractivity contribution in [2.75, 3.05) is 26.4 Å². The molecule has 7 nitrogen and oxygen atoms in total. The van der Waals surface area contributed by atoms with Gasteiger partial charge >= 0.3 is 5.97 Å². The SMILES string of the molecule is CC(O)COC(C)COC(C)CO.CCOC(C)C(=O)O. The fraction of sp³-hybridized carbons (Fsp3) is 0.929. The lowest BCUT2D eigenvalue weighted by atomic mass is 10.4. The molecule has 0 aliphatic heterocycles. The number of aliphatic hydroxyl groups excluding tert-OH is 2. The Bertz CT molecular complexity index is 245. The maximum Gasteiger partial charge on any atom is 0.332 e. The minimum Gasteiger partial charge on any atom is -0.479 e. The topological polar surface area (TPSA) is 105 Å². The van der Waals surface area contributed by atoms with Gasteiger partial charge in [0.25, 0.3) is 0 Å². The number of carbonyl (C=O) groups is 1. The Balaban J connectivity index is 0. The van der Waals surface area contributed by atoms with Gasteiger partial charge < -0.3 is 29.5 Å². The Hall–Kier alpha value is -0.730. The van der Waals surface area contributed by atoms with Crippen LogP contribution in [0.15, 0.2) is 0 Å². The highest BCUT2D eigenvalue weighted by Gasteiger charge is 2.08. The molecular formula is C14H30O7. The van der Waals surface area contributed by atoms with E-state index in [1.165, 1.54) is 6.92 Å². The third-order valence-corrected chi connectivity index (χ3v) is 2.26. The molecule has 0 aromatic rings. The van der Waals surface area contributed by atoms with Crippen LogP contribution in [0.25, 0.3) is 0 Å². The fourth-order valence-corrected chi connectivity index (χ4v) is 1.03. The molecule has 0 fully saturated rings. The molecule has 0 saturated carbocycles. The second-order valence-electron chi connectivity index (χ2n) is 4.76. The van der Waals surface area contributed by atoms with E-state index >= 15 is 0 Å². The van der Waals surface area contributed by atoms with E-state index in [1.807, 2.05) is 6.92 Å². The Morgan fingerprint density at radius 1 is 1.00 bits per heavy atom. The molecule has 0 amide bonds. The minimum atomic E-state index is -0.910. The first-order valence-corrected chi connectivity index (χ1v) is 7.11. The molecule has 0 bridgehead atoms. The number of aliphatic carboxylic acids is 1. The normalized spacial score (nSPS) is 16.3. The average Bonchev–Trinajstić information content (AvgIpc) is 2.43. The molecule has 0 spiro atoms. The van der Waals surface area contributed by atoms with Gasteiger partial charge in [0.15, 0.2) is 6.10 Å². The molecule has 4 unspecified atom stereocenters. The monoisotopic (exact) mass is 310 g/mol. The van der Waals surface area contributed by atoms with E-state index in [4.69, 9.17) is 29.5 Å². The van der Waals surface area contributed by atoms with Crippen LogP contribution in [0, 0.1) is 0 Å². The first-order valence-electron chi connectivity index (χ1n) is 7.11. The van der Waals surface area contributed by atoms with Crippen molar-refractivity contribution in [3.8, 4) is 0 Å². The Kier molecular flexibility index (Phi) is 15.3. The first-order chi connectivity index (χ1) is 9.74. The van der Waals surface area contributed by atoms with Gasteiger partial charge in [-0.25, -0.2) is 4.79 Å². The highest BCUT2D eigenvalue weighted by atomic mass is 16.5. The van der Waals surface area contributed by atoms with Crippen LogP contribution >= 0.6 is 0 Å². The van der Waals surface area contributed by atoms with Gasteiger partial charge in [0.05, 0.1) is 38.1 Å². The summed E-state index contributed by atoms with van der Waals surface area (Å²) in [4.78, 5) is 9.96. The summed E-state index contributed by atoms with van der Waals surface area (Å²) >= 11 is 0. The van der Waals surface area contributed by atoms with E-state index in [0.717, 1.165) is 0 Å². The zero-order valence-electron chi connectivity index (χ0n) is 13.6. The van der Waals surface area contributed by atoms with Gasteiger partial charge in [-0.1, -0.05) is 0 Å². The number of hydrogen-bond acceptors (Lipinski definition) is 6. The smallest absolute Gasteiger partial charge is 0.332 e. The zero-order chi connectivity index (χ0) is 16.8. The number of hydrogen-bond donors (Lipinski definition) is 3. The predicted molar refractivity (Wildman–Crippen MR) is 78.3 cm³/mol. The van der Waals surface area contributed by atoms with Crippen molar-refractivity contribution in [3.05, 3.63) is 0 Å². The van der Waals surface area contributed by atoms with Crippen molar-refractivity contribution in [2.24, 2.45) is 0 Å². The molecule has 7 heteroatoms. The van der Waals surface area contributed by atoms with Crippen LogP contribution in [-0.2, 0) is 19.0 Å². The van der Waals surface area contributed by atoms with Crippen LogP contribution in [0.2, 0.25) is 0 Å². The van der Waals surface area contributed by atoms with E-state index in [1.54, 1.807) is 20.8 Å². The molecule has 4 atom stereocenters. The molecule has 21 heavy (non-hydrogen) atoms. The first kappa shape index (κ1) is 22.5. The summed E-state index contributed by atoms with van der Waals surface area (Å²) in [6.45, 7) is 9.83. The largest absolute Gasteiger partial charge is 0.479 e. The summed E-state index contributed by atoms with van der Waals surface area (Å²) in [7, 11) is 0. The summed E-state index contributed by atoms with van der Waals surface area (Å²) in [5.41, 5.74) is 0. The van der Waals surface area contributed by atoms with Gasteiger partial charge in [0.1, 0.15) is 0 Å². The fourth-order valence-electron chi connectivity index (χ4n) is 1.03. The molecule has 0 rings (SSSR count). The summed E-state index contributed by atoms with van der Waals surface area (Å²) in [5, 5.41) is 25.8. The van der Waals surface area contributed by atoms with Crippen LogP contribution in [-0.4, -0.2) is 72.1 Å². The van der Waals surface area contributed by atoms with E-state index in [9.17, 15) is 4.79 Å². The minimum absolute atomic E-state index is 0.0170. The number of carboxylic acid groups (broad SMARTS) is 1. The van der Waals surface area contributed by atoms with Crippen LogP contribution in [0.1, 0.15) is 34.6 Å². The summed E-state index contributed by atoms with van der Waals surface area (Å²) in [6, 6.07) is 0. The molecule has 0 heterocycles. The van der Waals surface area contributed by atoms with Crippen molar-refractivity contribution in [1.82, 2.24) is 0 Å². The predicted octanol–water partition coefficient (Wildman–Crippen LogP) is 0.666. The molecule has 0 aliphatic carbocycles. The number of ether oxygens (including phenoxy) is 3.